The first-order valence-corrected chi connectivity index (χ1v) is 10.6. The molecular weight excluding hydrogens is 427 g/mol. The Morgan fingerprint density at radius 3 is 2.46 bits per heavy atom. The summed E-state index contributed by atoms with van der Waals surface area (Å²) in [5, 5.41) is 0.534. The van der Waals surface area contributed by atoms with E-state index in [0.29, 0.717) is 37.1 Å². The van der Waals surface area contributed by atoms with Gasteiger partial charge < -0.3 is 14.4 Å². The fourth-order valence-corrected chi connectivity index (χ4v) is 4.11. The van der Waals surface area contributed by atoms with Crippen LogP contribution in [-0.4, -0.2) is 52.6 Å². The third-order valence-corrected chi connectivity index (χ3v) is 6.30. The van der Waals surface area contributed by atoms with Crippen molar-refractivity contribution in [2.75, 3.05) is 38.1 Å². The molecule has 0 aromatic heterocycles. The van der Waals surface area contributed by atoms with Crippen molar-refractivity contribution < 1.29 is 22.7 Å². The Hall–Kier alpha value is -2.00. The standard InChI is InChI=1S/C18H18Cl2N2O5S/c1-26-17-5-3-13(11-14(17)18(23)22-6-8-27-9-7-22)28(24,25)21-12-2-4-15(19)16(20)10-12/h2-5,10-11,21H,6-9H2,1H3. The highest BCUT2D eigenvalue weighted by atomic mass is 35.5. The highest BCUT2D eigenvalue weighted by molar-refractivity contribution is 7.92. The summed E-state index contributed by atoms with van der Waals surface area (Å²) in [5.41, 5.74) is 0.424. The second kappa shape index (κ2) is 8.57. The number of sulfonamides is 1. The predicted octanol–water partition coefficient (Wildman–Crippen LogP) is 3.28. The van der Waals surface area contributed by atoms with Gasteiger partial charge in [-0.1, -0.05) is 23.2 Å². The van der Waals surface area contributed by atoms with Crippen molar-refractivity contribution in [3.8, 4) is 5.75 Å². The zero-order chi connectivity index (χ0) is 20.3. The van der Waals surface area contributed by atoms with Crippen LogP contribution in [0.25, 0.3) is 0 Å². The molecule has 1 saturated heterocycles. The van der Waals surface area contributed by atoms with Crippen LogP contribution < -0.4 is 9.46 Å². The lowest BCUT2D eigenvalue weighted by atomic mass is 10.1. The number of nitrogens with one attached hydrogen (secondary N) is 1. The number of carbonyl (C=O) groups excluding carboxylic acids is 1. The largest absolute Gasteiger partial charge is 0.496 e. The molecule has 1 heterocycles. The summed E-state index contributed by atoms with van der Waals surface area (Å²) in [5.74, 6) is -0.0169. The van der Waals surface area contributed by atoms with Crippen LogP contribution in [0, 0.1) is 0 Å². The maximum atomic E-state index is 12.8. The van der Waals surface area contributed by atoms with Crippen molar-refractivity contribution in [2.45, 2.75) is 4.90 Å². The van der Waals surface area contributed by atoms with E-state index in [9.17, 15) is 13.2 Å². The zero-order valence-corrected chi connectivity index (χ0v) is 17.3. The highest BCUT2D eigenvalue weighted by Crippen LogP contribution is 2.28. The SMILES string of the molecule is COc1ccc(S(=O)(=O)Nc2ccc(Cl)c(Cl)c2)cc1C(=O)N1CCOCC1. The third-order valence-electron chi connectivity index (χ3n) is 4.18. The smallest absolute Gasteiger partial charge is 0.261 e. The minimum Gasteiger partial charge on any atom is -0.496 e. The topological polar surface area (TPSA) is 84.9 Å². The molecule has 0 spiro atoms. The van der Waals surface area contributed by atoms with Gasteiger partial charge in [-0.15, -0.1) is 0 Å². The normalized spacial score (nSPS) is 14.6. The second-order valence-electron chi connectivity index (χ2n) is 6.00. The van der Waals surface area contributed by atoms with Crippen molar-refractivity contribution in [1.82, 2.24) is 4.90 Å². The van der Waals surface area contributed by atoms with Crippen LogP contribution in [0.1, 0.15) is 10.4 Å². The average molecular weight is 445 g/mol. The Kier molecular flexibility index (Phi) is 6.34. The third kappa shape index (κ3) is 4.52. The maximum absolute atomic E-state index is 12.8. The van der Waals surface area contributed by atoms with Crippen molar-refractivity contribution in [3.63, 3.8) is 0 Å². The number of morpholine rings is 1. The van der Waals surface area contributed by atoms with Crippen molar-refractivity contribution >= 4 is 44.8 Å². The van der Waals surface area contributed by atoms with Gasteiger partial charge in [0.05, 0.1) is 46.5 Å². The van der Waals surface area contributed by atoms with E-state index < -0.39 is 10.0 Å². The molecule has 28 heavy (non-hydrogen) atoms. The van der Waals surface area contributed by atoms with E-state index >= 15 is 0 Å². The minimum absolute atomic E-state index is 0.0732. The molecule has 0 saturated carbocycles. The molecule has 1 aliphatic heterocycles. The van der Waals surface area contributed by atoms with E-state index in [1.54, 1.807) is 4.90 Å². The van der Waals surface area contributed by atoms with Gasteiger partial charge in [0, 0.05) is 13.1 Å². The first-order chi connectivity index (χ1) is 13.3. The molecule has 0 atom stereocenters. The number of hydrogen-bond donors (Lipinski definition) is 1. The van der Waals surface area contributed by atoms with Crippen molar-refractivity contribution in [2.24, 2.45) is 0 Å². The first kappa shape index (κ1) is 20.7. The molecule has 0 unspecified atom stereocenters. The summed E-state index contributed by atoms with van der Waals surface area (Å²) in [6, 6.07) is 8.52. The van der Waals surface area contributed by atoms with Crippen LogP contribution >= 0.6 is 23.2 Å². The zero-order valence-electron chi connectivity index (χ0n) is 14.9. The number of benzene rings is 2. The lowest BCUT2D eigenvalue weighted by Crippen LogP contribution is -2.40. The summed E-state index contributed by atoms with van der Waals surface area (Å²) in [6.45, 7) is 1.73. The molecule has 0 radical (unpaired) electrons. The van der Waals surface area contributed by atoms with E-state index in [-0.39, 0.29) is 27.1 Å². The van der Waals surface area contributed by atoms with Gasteiger partial charge in [-0.3, -0.25) is 9.52 Å². The quantitative estimate of drug-likeness (QED) is 0.764. The molecule has 1 N–H and O–H groups in total. The number of nitrogens with zero attached hydrogens (tertiary/aromatic N) is 1. The van der Waals surface area contributed by atoms with Crippen LogP contribution in [0.5, 0.6) is 5.75 Å². The minimum atomic E-state index is -3.96. The van der Waals surface area contributed by atoms with Crippen LogP contribution in [0.3, 0.4) is 0 Å². The molecular formula is C18H18Cl2N2O5S. The molecule has 2 aromatic carbocycles. The molecule has 0 aliphatic carbocycles. The second-order valence-corrected chi connectivity index (χ2v) is 8.50. The average Bonchev–Trinajstić information content (AvgIpc) is 2.70. The van der Waals surface area contributed by atoms with Gasteiger partial charge in [-0.2, -0.15) is 0 Å². The first-order valence-electron chi connectivity index (χ1n) is 8.35. The molecule has 1 fully saturated rings. The summed E-state index contributed by atoms with van der Waals surface area (Å²) in [6.07, 6.45) is 0. The lowest BCUT2D eigenvalue weighted by Gasteiger charge is -2.27. The van der Waals surface area contributed by atoms with Crippen molar-refractivity contribution in [1.29, 1.82) is 0 Å². The fourth-order valence-electron chi connectivity index (χ4n) is 2.73. The van der Waals surface area contributed by atoms with Crippen LogP contribution in [0.4, 0.5) is 5.69 Å². The van der Waals surface area contributed by atoms with Gasteiger partial charge in [-0.25, -0.2) is 8.42 Å². The van der Waals surface area contributed by atoms with Crippen LogP contribution in [0.15, 0.2) is 41.3 Å². The highest BCUT2D eigenvalue weighted by Gasteiger charge is 2.25. The Bertz CT molecular complexity index is 991. The van der Waals surface area contributed by atoms with E-state index in [1.165, 1.54) is 43.5 Å². The summed E-state index contributed by atoms with van der Waals surface area (Å²) < 4.78 is 38.5. The number of ether oxygens (including phenoxy) is 2. The number of anilines is 1. The Morgan fingerprint density at radius 2 is 1.82 bits per heavy atom. The maximum Gasteiger partial charge on any atom is 0.261 e. The van der Waals surface area contributed by atoms with Gasteiger partial charge in [-0.05, 0) is 36.4 Å². The van der Waals surface area contributed by atoms with E-state index in [2.05, 4.69) is 4.72 Å². The number of rotatable bonds is 5. The predicted molar refractivity (Wildman–Crippen MR) is 107 cm³/mol. The molecule has 3 rings (SSSR count). The molecule has 1 amide bonds. The molecule has 10 heteroatoms. The fraction of sp³-hybridized carbons (Fsp3) is 0.278. The molecule has 150 valence electrons. The molecule has 0 bridgehead atoms. The molecule has 7 nitrogen and oxygen atoms in total. The van der Waals surface area contributed by atoms with Gasteiger partial charge in [0.25, 0.3) is 15.9 Å². The number of amides is 1. The lowest BCUT2D eigenvalue weighted by molar-refractivity contribution is 0.0300. The van der Waals surface area contributed by atoms with Crippen molar-refractivity contribution in [3.05, 3.63) is 52.0 Å². The Morgan fingerprint density at radius 1 is 1.11 bits per heavy atom. The van der Waals surface area contributed by atoms with E-state index in [1.807, 2.05) is 0 Å². The Labute approximate surface area is 173 Å². The van der Waals surface area contributed by atoms with Crippen LogP contribution in [-0.2, 0) is 14.8 Å². The number of carbonyl (C=O) groups is 1. The summed E-state index contributed by atoms with van der Waals surface area (Å²) in [7, 11) is -2.53. The number of hydrogen-bond acceptors (Lipinski definition) is 5. The number of methoxy groups -OCH3 is 1. The number of halogens is 2. The molecule has 2 aromatic rings. The van der Waals surface area contributed by atoms with Gasteiger partial charge in [0.1, 0.15) is 5.75 Å². The van der Waals surface area contributed by atoms with Crippen LogP contribution in [0.2, 0.25) is 10.0 Å². The molecule has 1 aliphatic rings. The monoisotopic (exact) mass is 444 g/mol. The van der Waals surface area contributed by atoms with Gasteiger partial charge in [0.15, 0.2) is 0 Å². The Balaban J connectivity index is 1.92. The van der Waals surface area contributed by atoms with Gasteiger partial charge in [0.2, 0.25) is 0 Å². The van der Waals surface area contributed by atoms with Gasteiger partial charge >= 0.3 is 0 Å². The van der Waals surface area contributed by atoms with E-state index in [4.69, 9.17) is 32.7 Å². The summed E-state index contributed by atoms with van der Waals surface area (Å²) in [4.78, 5) is 14.4. The van der Waals surface area contributed by atoms with E-state index in [0.717, 1.165) is 0 Å². The summed E-state index contributed by atoms with van der Waals surface area (Å²) >= 11 is 11.8.